The predicted molar refractivity (Wildman–Crippen MR) is 111 cm³/mol. The van der Waals surface area contributed by atoms with E-state index in [2.05, 4.69) is 10.3 Å². The quantitative estimate of drug-likeness (QED) is 0.638. The molecule has 5 nitrogen and oxygen atoms in total. The van der Waals surface area contributed by atoms with Crippen molar-refractivity contribution in [3.63, 3.8) is 0 Å². The molecule has 0 bridgehead atoms. The van der Waals surface area contributed by atoms with Crippen molar-refractivity contribution in [2.75, 3.05) is 19.5 Å². The van der Waals surface area contributed by atoms with Crippen molar-refractivity contribution in [1.29, 1.82) is 0 Å². The number of rotatable bonds is 5. The molecule has 0 unspecified atom stereocenters. The first kappa shape index (κ1) is 20.5. The number of amides is 1. The molecule has 3 rings (SSSR count). The number of ether oxygens (including phenoxy) is 2. The average Bonchev–Trinajstić information content (AvgIpc) is 3.15. The summed E-state index contributed by atoms with van der Waals surface area (Å²) in [5.74, 6) is 0.851. The van der Waals surface area contributed by atoms with Crippen molar-refractivity contribution in [3.8, 4) is 22.8 Å². The van der Waals surface area contributed by atoms with E-state index in [1.165, 1.54) is 7.11 Å². The van der Waals surface area contributed by atoms with Crippen molar-refractivity contribution in [1.82, 2.24) is 4.98 Å². The highest BCUT2D eigenvalue weighted by Crippen LogP contribution is 2.27. The monoisotopic (exact) mass is 384 g/mol. The molecule has 27 heavy (non-hydrogen) atoms. The first-order valence-corrected chi connectivity index (χ1v) is 9.54. The van der Waals surface area contributed by atoms with Gasteiger partial charge in [-0.05, 0) is 31.2 Å². The number of benzene rings is 2. The SMILES string of the molecule is CC.COc1ccc(C(=O)Nc2cccc(-c3csc(C)n3)c2)c(OC)c1. The Bertz CT molecular complexity index is 906. The fourth-order valence-corrected chi connectivity index (χ4v) is 3.06. The number of nitrogens with one attached hydrogen (secondary N) is 1. The van der Waals surface area contributed by atoms with Gasteiger partial charge in [-0.3, -0.25) is 4.79 Å². The molecule has 0 spiro atoms. The highest BCUT2D eigenvalue weighted by molar-refractivity contribution is 7.09. The molecular formula is C21H24N2O3S. The molecule has 0 saturated heterocycles. The molecule has 142 valence electrons. The second-order valence-electron chi connectivity index (χ2n) is 5.35. The van der Waals surface area contributed by atoms with Gasteiger partial charge in [0.2, 0.25) is 0 Å². The molecule has 0 saturated carbocycles. The molecule has 6 heteroatoms. The number of carbonyl (C=O) groups is 1. The summed E-state index contributed by atoms with van der Waals surface area (Å²) in [6, 6.07) is 12.7. The van der Waals surface area contributed by atoms with Gasteiger partial charge >= 0.3 is 0 Å². The fraction of sp³-hybridized carbons (Fsp3) is 0.238. The molecule has 0 fully saturated rings. The summed E-state index contributed by atoms with van der Waals surface area (Å²) < 4.78 is 10.5. The van der Waals surface area contributed by atoms with Gasteiger partial charge in [-0.15, -0.1) is 11.3 Å². The third-order valence-corrected chi connectivity index (χ3v) is 4.46. The largest absolute Gasteiger partial charge is 0.497 e. The Hall–Kier alpha value is -2.86. The highest BCUT2D eigenvalue weighted by atomic mass is 32.1. The van der Waals surface area contributed by atoms with Crippen LogP contribution in [0, 0.1) is 6.92 Å². The van der Waals surface area contributed by atoms with Crippen LogP contribution in [0.25, 0.3) is 11.3 Å². The molecule has 1 N–H and O–H groups in total. The van der Waals surface area contributed by atoms with Crippen molar-refractivity contribution in [2.24, 2.45) is 0 Å². The third-order valence-electron chi connectivity index (χ3n) is 3.69. The van der Waals surface area contributed by atoms with E-state index in [-0.39, 0.29) is 5.91 Å². The minimum absolute atomic E-state index is 0.244. The molecule has 0 aliphatic carbocycles. The zero-order valence-electron chi connectivity index (χ0n) is 16.2. The number of methoxy groups -OCH3 is 2. The van der Waals surface area contributed by atoms with E-state index in [1.54, 1.807) is 36.6 Å². The summed E-state index contributed by atoms with van der Waals surface area (Å²) in [4.78, 5) is 17.1. The normalized spacial score (nSPS) is 9.81. The van der Waals surface area contributed by atoms with Crippen LogP contribution in [0.4, 0.5) is 5.69 Å². The summed E-state index contributed by atoms with van der Waals surface area (Å²) >= 11 is 1.60. The van der Waals surface area contributed by atoms with Crippen LogP contribution in [0.2, 0.25) is 0 Å². The van der Waals surface area contributed by atoms with Crippen LogP contribution < -0.4 is 14.8 Å². The number of hydrogen-bond acceptors (Lipinski definition) is 5. The predicted octanol–water partition coefficient (Wildman–Crippen LogP) is 5.41. The van der Waals surface area contributed by atoms with E-state index >= 15 is 0 Å². The van der Waals surface area contributed by atoms with E-state index < -0.39 is 0 Å². The number of carbonyl (C=O) groups excluding carboxylic acids is 1. The zero-order valence-corrected chi connectivity index (χ0v) is 17.0. The molecule has 1 heterocycles. The van der Waals surface area contributed by atoms with Gasteiger partial charge in [-0.2, -0.15) is 0 Å². The molecule has 2 aromatic carbocycles. The molecule has 3 aromatic rings. The van der Waals surface area contributed by atoms with E-state index in [9.17, 15) is 4.79 Å². The minimum atomic E-state index is -0.244. The van der Waals surface area contributed by atoms with Crippen LogP contribution in [-0.4, -0.2) is 25.1 Å². The third kappa shape index (κ3) is 5.08. The number of aryl methyl sites for hydroxylation is 1. The maximum atomic E-state index is 12.6. The molecule has 1 amide bonds. The maximum absolute atomic E-state index is 12.6. The summed E-state index contributed by atoms with van der Waals surface area (Å²) in [5.41, 5.74) is 3.01. The summed E-state index contributed by atoms with van der Waals surface area (Å²) in [7, 11) is 3.09. The molecule has 0 atom stereocenters. The standard InChI is InChI=1S/C19H18N2O3S.C2H6/c1-12-20-17(11-25-12)13-5-4-6-14(9-13)21-19(22)16-8-7-15(23-2)10-18(16)24-3;1-2/h4-11H,1-3H3,(H,21,22);1-2H3. The van der Waals surface area contributed by atoms with Gasteiger partial charge < -0.3 is 14.8 Å². The molecule has 0 radical (unpaired) electrons. The van der Waals surface area contributed by atoms with Gasteiger partial charge in [0, 0.05) is 22.7 Å². The lowest BCUT2D eigenvalue weighted by Gasteiger charge is -2.11. The minimum Gasteiger partial charge on any atom is -0.497 e. The Kier molecular flexibility index (Phi) is 7.37. The number of nitrogens with zero attached hydrogens (tertiary/aromatic N) is 1. The number of aromatic nitrogens is 1. The smallest absolute Gasteiger partial charge is 0.259 e. The second kappa shape index (κ2) is 9.73. The van der Waals surface area contributed by atoms with Gasteiger partial charge in [0.1, 0.15) is 11.5 Å². The van der Waals surface area contributed by atoms with Crippen LogP contribution >= 0.6 is 11.3 Å². The zero-order chi connectivity index (χ0) is 19.8. The Morgan fingerprint density at radius 3 is 2.48 bits per heavy atom. The van der Waals surface area contributed by atoms with Crippen LogP contribution in [-0.2, 0) is 0 Å². The average molecular weight is 385 g/mol. The Morgan fingerprint density at radius 2 is 1.85 bits per heavy atom. The summed E-state index contributed by atoms with van der Waals surface area (Å²) in [6.45, 7) is 5.97. The lowest BCUT2D eigenvalue weighted by molar-refractivity contribution is 0.102. The maximum Gasteiger partial charge on any atom is 0.259 e. The lowest BCUT2D eigenvalue weighted by Crippen LogP contribution is -2.13. The Labute approximate surface area is 164 Å². The van der Waals surface area contributed by atoms with Gasteiger partial charge in [0.05, 0.1) is 30.5 Å². The molecular weight excluding hydrogens is 360 g/mol. The fourth-order valence-electron chi connectivity index (χ4n) is 2.44. The number of hydrogen-bond donors (Lipinski definition) is 1. The van der Waals surface area contributed by atoms with Crippen molar-refractivity contribution >= 4 is 22.9 Å². The number of anilines is 1. The van der Waals surface area contributed by atoms with E-state index in [4.69, 9.17) is 9.47 Å². The van der Waals surface area contributed by atoms with Crippen LogP contribution in [0.5, 0.6) is 11.5 Å². The van der Waals surface area contributed by atoms with Crippen LogP contribution in [0.15, 0.2) is 47.8 Å². The van der Waals surface area contributed by atoms with Gasteiger partial charge in [0.15, 0.2) is 0 Å². The lowest BCUT2D eigenvalue weighted by atomic mass is 10.1. The number of thiazole rings is 1. The molecule has 0 aliphatic heterocycles. The molecule has 1 aromatic heterocycles. The van der Waals surface area contributed by atoms with Gasteiger partial charge in [-0.1, -0.05) is 26.0 Å². The Morgan fingerprint density at radius 1 is 1.07 bits per heavy atom. The first-order valence-electron chi connectivity index (χ1n) is 8.66. The van der Waals surface area contributed by atoms with E-state index in [1.807, 2.05) is 50.4 Å². The van der Waals surface area contributed by atoms with Crippen molar-refractivity contribution in [2.45, 2.75) is 20.8 Å². The van der Waals surface area contributed by atoms with Crippen molar-refractivity contribution in [3.05, 3.63) is 58.4 Å². The summed E-state index contributed by atoms with van der Waals surface area (Å²) in [5, 5.41) is 5.91. The topological polar surface area (TPSA) is 60.5 Å². The van der Waals surface area contributed by atoms with Gasteiger partial charge in [-0.25, -0.2) is 4.98 Å². The highest BCUT2D eigenvalue weighted by Gasteiger charge is 2.14. The van der Waals surface area contributed by atoms with E-state index in [0.717, 1.165) is 16.3 Å². The Balaban J connectivity index is 0.00000126. The first-order chi connectivity index (χ1) is 13.1. The van der Waals surface area contributed by atoms with Crippen LogP contribution in [0.1, 0.15) is 29.2 Å². The second-order valence-corrected chi connectivity index (χ2v) is 6.42. The van der Waals surface area contributed by atoms with E-state index in [0.29, 0.717) is 22.7 Å². The van der Waals surface area contributed by atoms with Gasteiger partial charge in [0.25, 0.3) is 5.91 Å². The molecule has 0 aliphatic rings. The van der Waals surface area contributed by atoms with Crippen molar-refractivity contribution < 1.29 is 14.3 Å². The summed E-state index contributed by atoms with van der Waals surface area (Å²) in [6.07, 6.45) is 0. The van der Waals surface area contributed by atoms with Crippen LogP contribution in [0.3, 0.4) is 0 Å².